The number of benzene rings is 2. The fraction of sp³-hybridized carbons (Fsp3) is 0.200. The number of furan rings is 1. The summed E-state index contributed by atoms with van der Waals surface area (Å²) in [6.45, 7) is 4.42. The predicted octanol–water partition coefficient (Wildman–Crippen LogP) is 4.42. The van der Waals surface area contributed by atoms with Gasteiger partial charge in [-0.25, -0.2) is 0 Å². The van der Waals surface area contributed by atoms with Gasteiger partial charge in [-0.2, -0.15) is 0 Å². The van der Waals surface area contributed by atoms with Crippen molar-refractivity contribution in [1.82, 2.24) is 10.6 Å². The van der Waals surface area contributed by atoms with Crippen LogP contribution in [0.15, 0.2) is 77.0 Å². The number of carbonyl (C=O) groups is 2. The number of aryl methyl sites for hydroxylation is 3. The van der Waals surface area contributed by atoms with E-state index in [1.54, 1.807) is 24.3 Å². The zero-order chi connectivity index (χ0) is 21.3. The molecule has 0 atom stereocenters. The molecule has 154 valence electrons. The summed E-state index contributed by atoms with van der Waals surface area (Å²) in [6.07, 6.45) is 4.72. The monoisotopic (exact) mass is 402 g/mol. The second-order valence-electron chi connectivity index (χ2n) is 7.19. The van der Waals surface area contributed by atoms with Crippen LogP contribution in [-0.2, 0) is 11.2 Å². The first-order valence-electron chi connectivity index (χ1n) is 9.99. The van der Waals surface area contributed by atoms with Crippen LogP contribution in [0, 0.1) is 13.8 Å². The van der Waals surface area contributed by atoms with E-state index < -0.39 is 0 Å². The van der Waals surface area contributed by atoms with Crippen LogP contribution < -0.4 is 10.6 Å². The van der Waals surface area contributed by atoms with Gasteiger partial charge < -0.3 is 15.1 Å². The van der Waals surface area contributed by atoms with E-state index in [2.05, 4.69) is 41.8 Å². The molecule has 0 aliphatic heterocycles. The summed E-state index contributed by atoms with van der Waals surface area (Å²) >= 11 is 0. The Morgan fingerprint density at radius 2 is 1.73 bits per heavy atom. The minimum Gasteiger partial charge on any atom is -0.465 e. The molecule has 30 heavy (non-hydrogen) atoms. The van der Waals surface area contributed by atoms with Crippen molar-refractivity contribution < 1.29 is 14.0 Å². The largest absolute Gasteiger partial charge is 0.465 e. The molecule has 0 bridgehead atoms. The molecule has 0 unspecified atom stereocenters. The van der Waals surface area contributed by atoms with Crippen LogP contribution in [0.25, 0.3) is 6.08 Å². The first kappa shape index (κ1) is 21.1. The minimum absolute atomic E-state index is 0.147. The summed E-state index contributed by atoms with van der Waals surface area (Å²) in [6, 6.07) is 19.1. The van der Waals surface area contributed by atoms with Gasteiger partial charge in [0, 0.05) is 18.2 Å². The molecule has 0 saturated heterocycles. The van der Waals surface area contributed by atoms with Crippen molar-refractivity contribution in [2.45, 2.75) is 26.7 Å². The summed E-state index contributed by atoms with van der Waals surface area (Å²) in [4.78, 5) is 25.4. The highest BCUT2D eigenvalue weighted by Crippen LogP contribution is 2.11. The molecule has 2 aromatic carbocycles. The van der Waals surface area contributed by atoms with Crippen molar-refractivity contribution in [3.8, 4) is 0 Å². The quantitative estimate of drug-likeness (QED) is 0.433. The van der Waals surface area contributed by atoms with Gasteiger partial charge in [0.05, 0.1) is 6.26 Å². The number of rotatable bonds is 8. The molecule has 2 N–H and O–H groups in total. The van der Waals surface area contributed by atoms with E-state index in [9.17, 15) is 9.59 Å². The second-order valence-corrected chi connectivity index (χ2v) is 7.19. The Bertz CT molecular complexity index is 1020. The molecular formula is C25H26N2O3. The third-order valence-corrected chi connectivity index (χ3v) is 4.76. The fourth-order valence-electron chi connectivity index (χ4n) is 3.04. The van der Waals surface area contributed by atoms with E-state index in [4.69, 9.17) is 4.42 Å². The molecule has 1 heterocycles. The summed E-state index contributed by atoms with van der Waals surface area (Å²) in [5, 5.41) is 5.61. The second kappa shape index (κ2) is 10.3. The highest BCUT2D eigenvalue weighted by molar-refractivity contribution is 6.05. The Morgan fingerprint density at radius 3 is 2.43 bits per heavy atom. The molecule has 0 fully saturated rings. The van der Waals surface area contributed by atoms with Gasteiger partial charge in [0.2, 0.25) is 0 Å². The maximum atomic E-state index is 12.7. The lowest BCUT2D eigenvalue weighted by Gasteiger charge is -2.12. The number of nitrogens with one attached hydrogen (secondary N) is 2. The summed E-state index contributed by atoms with van der Waals surface area (Å²) in [5.74, 6) is -0.192. The van der Waals surface area contributed by atoms with Crippen molar-refractivity contribution >= 4 is 17.9 Å². The van der Waals surface area contributed by atoms with Crippen LogP contribution in [0.3, 0.4) is 0 Å². The summed E-state index contributed by atoms with van der Waals surface area (Å²) < 4.78 is 5.31. The van der Waals surface area contributed by atoms with Crippen molar-refractivity contribution in [2.75, 3.05) is 6.54 Å². The van der Waals surface area contributed by atoms with Crippen molar-refractivity contribution in [3.05, 3.63) is 101 Å². The minimum atomic E-state index is -0.350. The topological polar surface area (TPSA) is 71.3 Å². The lowest BCUT2D eigenvalue weighted by Crippen LogP contribution is -2.35. The SMILES string of the molecule is Cc1ccc(CCCNC(=O)/C(=C/c2ccco2)NC(=O)c2ccccc2C)cc1. The highest BCUT2D eigenvalue weighted by Gasteiger charge is 2.16. The Labute approximate surface area is 176 Å². The Hall–Kier alpha value is -3.60. The molecule has 0 spiro atoms. The number of amides is 2. The van der Waals surface area contributed by atoms with Gasteiger partial charge in [-0.3, -0.25) is 9.59 Å². The molecule has 1 aromatic heterocycles. The van der Waals surface area contributed by atoms with E-state index >= 15 is 0 Å². The van der Waals surface area contributed by atoms with Gasteiger partial charge in [-0.15, -0.1) is 0 Å². The fourth-order valence-corrected chi connectivity index (χ4v) is 3.04. The van der Waals surface area contributed by atoms with E-state index in [-0.39, 0.29) is 17.5 Å². The van der Waals surface area contributed by atoms with Crippen molar-refractivity contribution in [1.29, 1.82) is 0 Å². The molecule has 0 saturated carbocycles. The predicted molar refractivity (Wildman–Crippen MR) is 118 cm³/mol. The lowest BCUT2D eigenvalue weighted by atomic mass is 10.1. The molecule has 5 heteroatoms. The molecule has 0 radical (unpaired) electrons. The van der Waals surface area contributed by atoms with Crippen molar-refractivity contribution in [2.24, 2.45) is 0 Å². The van der Waals surface area contributed by atoms with E-state index in [1.807, 2.05) is 19.1 Å². The van der Waals surface area contributed by atoms with Crippen LogP contribution in [0.4, 0.5) is 0 Å². The van der Waals surface area contributed by atoms with Crippen LogP contribution in [-0.4, -0.2) is 18.4 Å². The number of carbonyl (C=O) groups excluding carboxylic acids is 2. The van der Waals surface area contributed by atoms with E-state index in [1.165, 1.54) is 23.5 Å². The smallest absolute Gasteiger partial charge is 0.267 e. The first-order valence-corrected chi connectivity index (χ1v) is 9.99. The van der Waals surface area contributed by atoms with Gasteiger partial charge in [-0.05, 0) is 56.0 Å². The molecule has 3 rings (SSSR count). The van der Waals surface area contributed by atoms with Gasteiger partial charge in [0.15, 0.2) is 0 Å². The van der Waals surface area contributed by atoms with E-state index in [0.29, 0.717) is 17.9 Å². The number of hydrogen-bond acceptors (Lipinski definition) is 3. The summed E-state index contributed by atoms with van der Waals surface area (Å²) in [5.41, 5.74) is 3.97. The highest BCUT2D eigenvalue weighted by atomic mass is 16.3. The molecular weight excluding hydrogens is 376 g/mol. The lowest BCUT2D eigenvalue weighted by molar-refractivity contribution is -0.117. The third-order valence-electron chi connectivity index (χ3n) is 4.76. The summed E-state index contributed by atoms with van der Waals surface area (Å²) in [7, 11) is 0. The average molecular weight is 402 g/mol. The average Bonchev–Trinajstić information content (AvgIpc) is 3.25. The van der Waals surface area contributed by atoms with Gasteiger partial charge in [-0.1, -0.05) is 48.0 Å². The molecule has 5 nitrogen and oxygen atoms in total. The van der Waals surface area contributed by atoms with Crippen molar-refractivity contribution in [3.63, 3.8) is 0 Å². The normalized spacial score (nSPS) is 11.2. The van der Waals surface area contributed by atoms with Gasteiger partial charge in [0.1, 0.15) is 11.5 Å². The zero-order valence-corrected chi connectivity index (χ0v) is 17.3. The Balaban J connectivity index is 1.63. The molecule has 2 amide bonds. The van der Waals surface area contributed by atoms with Crippen LogP contribution in [0.2, 0.25) is 0 Å². The Kier molecular flexibility index (Phi) is 7.22. The maximum Gasteiger partial charge on any atom is 0.267 e. The van der Waals surface area contributed by atoms with E-state index in [0.717, 1.165) is 18.4 Å². The molecule has 0 aliphatic carbocycles. The maximum absolute atomic E-state index is 12.7. The zero-order valence-electron chi connectivity index (χ0n) is 17.3. The third kappa shape index (κ3) is 5.95. The standard InChI is InChI=1S/C25H26N2O3/c1-18-11-13-20(14-12-18)8-5-15-26-25(29)23(17-21-9-6-16-30-21)27-24(28)22-10-4-3-7-19(22)2/h3-4,6-7,9-14,16-17H,5,8,15H2,1-2H3,(H,26,29)(H,27,28)/b23-17-. The van der Waals surface area contributed by atoms with Crippen LogP contribution in [0.1, 0.15) is 39.2 Å². The first-order chi connectivity index (χ1) is 14.5. The molecule has 0 aliphatic rings. The van der Waals surface area contributed by atoms with Gasteiger partial charge in [0.25, 0.3) is 11.8 Å². The number of hydrogen-bond donors (Lipinski definition) is 2. The van der Waals surface area contributed by atoms with Crippen LogP contribution in [0.5, 0.6) is 0 Å². The molecule has 3 aromatic rings. The van der Waals surface area contributed by atoms with Gasteiger partial charge >= 0.3 is 0 Å². The van der Waals surface area contributed by atoms with Crippen LogP contribution >= 0.6 is 0 Å². The Morgan fingerprint density at radius 1 is 0.967 bits per heavy atom.